The van der Waals surface area contributed by atoms with Crippen LogP contribution in [0.5, 0.6) is 0 Å². The van der Waals surface area contributed by atoms with E-state index in [0.717, 1.165) is 19.4 Å². The standard InChI is InChI=1S/C10H17N5O2/c11-10-13-7-15(14-10)6-9(16)12-5-8-3-1-2-4-17-8/h7-8H,1-6H2,(H2,11,14)(H,12,16). The van der Waals surface area contributed by atoms with Crippen molar-refractivity contribution < 1.29 is 9.53 Å². The van der Waals surface area contributed by atoms with Crippen molar-refractivity contribution in [2.75, 3.05) is 18.9 Å². The number of anilines is 1. The number of aromatic nitrogens is 3. The van der Waals surface area contributed by atoms with E-state index in [1.807, 2.05) is 0 Å². The fourth-order valence-corrected chi connectivity index (χ4v) is 1.78. The molecule has 0 radical (unpaired) electrons. The lowest BCUT2D eigenvalue weighted by atomic mass is 10.1. The van der Waals surface area contributed by atoms with Gasteiger partial charge < -0.3 is 15.8 Å². The quantitative estimate of drug-likeness (QED) is 0.741. The van der Waals surface area contributed by atoms with Crippen LogP contribution in [0.3, 0.4) is 0 Å². The highest BCUT2D eigenvalue weighted by Gasteiger charge is 2.14. The van der Waals surface area contributed by atoms with Gasteiger partial charge in [-0.05, 0) is 19.3 Å². The molecule has 1 unspecified atom stereocenters. The first-order valence-corrected chi connectivity index (χ1v) is 5.77. The van der Waals surface area contributed by atoms with Crippen LogP contribution >= 0.6 is 0 Å². The molecule has 0 spiro atoms. The smallest absolute Gasteiger partial charge is 0.241 e. The molecule has 1 aromatic heterocycles. The third-order valence-corrected chi connectivity index (χ3v) is 2.66. The average Bonchev–Trinajstić information content (AvgIpc) is 2.73. The molecule has 2 heterocycles. The molecule has 3 N–H and O–H groups in total. The molecule has 1 amide bonds. The highest BCUT2D eigenvalue weighted by atomic mass is 16.5. The van der Waals surface area contributed by atoms with Gasteiger partial charge >= 0.3 is 0 Å². The van der Waals surface area contributed by atoms with Crippen LogP contribution in [0.4, 0.5) is 5.95 Å². The Balaban J connectivity index is 1.70. The largest absolute Gasteiger partial charge is 0.376 e. The summed E-state index contributed by atoms with van der Waals surface area (Å²) in [6.45, 7) is 1.49. The normalized spacial score (nSPS) is 20.1. The molecule has 1 aliphatic rings. The van der Waals surface area contributed by atoms with Gasteiger partial charge in [0.15, 0.2) is 0 Å². The first-order valence-electron chi connectivity index (χ1n) is 5.77. The van der Waals surface area contributed by atoms with Gasteiger partial charge in [0.05, 0.1) is 6.10 Å². The van der Waals surface area contributed by atoms with E-state index in [2.05, 4.69) is 15.4 Å². The van der Waals surface area contributed by atoms with E-state index in [0.29, 0.717) is 6.54 Å². The molecule has 17 heavy (non-hydrogen) atoms. The van der Waals surface area contributed by atoms with Crippen LogP contribution in [0.1, 0.15) is 19.3 Å². The van der Waals surface area contributed by atoms with E-state index in [9.17, 15) is 4.79 Å². The van der Waals surface area contributed by atoms with Crippen molar-refractivity contribution in [1.82, 2.24) is 20.1 Å². The van der Waals surface area contributed by atoms with Crippen LogP contribution in [0.15, 0.2) is 6.33 Å². The number of nitrogens with two attached hydrogens (primary N) is 1. The van der Waals surface area contributed by atoms with Crippen LogP contribution in [0.2, 0.25) is 0 Å². The highest BCUT2D eigenvalue weighted by molar-refractivity contribution is 5.75. The molecule has 2 rings (SSSR count). The molecule has 7 nitrogen and oxygen atoms in total. The number of nitrogen functional groups attached to an aromatic ring is 1. The average molecular weight is 239 g/mol. The molecular weight excluding hydrogens is 222 g/mol. The molecule has 1 atom stereocenters. The Labute approximate surface area is 99.3 Å². The van der Waals surface area contributed by atoms with E-state index < -0.39 is 0 Å². The Morgan fingerprint density at radius 3 is 3.18 bits per heavy atom. The molecule has 1 saturated heterocycles. The second kappa shape index (κ2) is 5.62. The number of ether oxygens (including phenoxy) is 1. The molecular formula is C10H17N5O2. The minimum Gasteiger partial charge on any atom is -0.376 e. The summed E-state index contributed by atoms with van der Waals surface area (Å²) in [5.41, 5.74) is 5.35. The molecule has 7 heteroatoms. The van der Waals surface area contributed by atoms with Crippen molar-refractivity contribution in [1.29, 1.82) is 0 Å². The van der Waals surface area contributed by atoms with E-state index in [1.54, 1.807) is 0 Å². The summed E-state index contributed by atoms with van der Waals surface area (Å²) < 4.78 is 6.92. The van der Waals surface area contributed by atoms with Crippen molar-refractivity contribution in [3.05, 3.63) is 6.33 Å². The third-order valence-electron chi connectivity index (χ3n) is 2.66. The number of carbonyl (C=O) groups is 1. The zero-order chi connectivity index (χ0) is 12.1. The van der Waals surface area contributed by atoms with Gasteiger partial charge in [0, 0.05) is 13.2 Å². The van der Waals surface area contributed by atoms with Gasteiger partial charge in [-0.3, -0.25) is 4.79 Å². The zero-order valence-electron chi connectivity index (χ0n) is 9.63. The van der Waals surface area contributed by atoms with Crippen molar-refractivity contribution in [2.45, 2.75) is 31.9 Å². The zero-order valence-corrected chi connectivity index (χ0v) is 9.63. The molecule has 1 fully saturated rings. The minimum atomic E-state index is -0.107. The Kier molecular flexibility index (Phi) is 3.92. The SMILES string of the molecule is Nc1ncn(CC(=O)NCC2CCCCO2)n1. The summed E-state index contributed by atoms with van der Waals surface area (Å²) in [5, 5.41) is 6.65. The second-order valence-electron chi connectivity index (χ2n) is 4.09. The van der Waals surface area contributed by atoms with E-state index in [4.69, 9.17) is 10.5 Å². The van der Waals surface area contributed by atoms with Gasteiger partial charge in [0.1, 0.15) is 12.9 Å². The van der Waals surface area contributed by atoms with Gasteiger partial charge in [0.25, 0.3) is 0 Å². The summed E-state index contributed by atoms with van der Waals surface area (Å²) in [6, 6.07) is 0. The number of nitrogens with zero attached hydrogens (tertiary/aromatic N) is 3. The molecule has 94 valence electrons. The van der Waals surface area contributed by atoms with Crippen LogP contribution in [0, 0.1) is 0 Å². The lowest BCUT2D eigenvalue weighted by Gasteiger charge is -2.22. The van der Waals surface area contributed by atoms with Gasteiger partial charge in [-0.2, -0.15) is 0 Å². The summed E-state index contributed by atoms with van der Waals surface area (Å²) in [5.74, 6) is 0.0671. The predicted molar refractivity (Wildman–Crippen MR) is 61.0 cm³/mol. The monoisotopic (exact) mass is 239 g/mol. The Morgan fingerprint density at radius 1 is 1.65 bits per heavy atom. The maximum absolute atomic E-state index is 11.6. The number of carbonyl (C=O) groups excluding carboxylic acids is 1. The second-order valence-corrected chi connectivity index (χ2v) is 4.09. The molecule has 1 aromatic rings. The van der Waals surface area contributed by atoms with Crippen LogP contribution < -0.4 is 11.1 Å². The fourth-order valence-electron chi connectivity index (χ4n) is 1.78. The number of rotatable bonds is 4. The lowest BCUT2D eigenvalue weighted by Crippen LogP contribution is -2.37. The summed E-state index contributed by atoms with van der Waals surface area (Å²) in [4.78, 5) is 15.3. The van der Waals surface area contributed by atoms with Crippen LogP contribution in [-0.2, 0) is 16.1 Å². The molecule has 0 aliphatic carbocycles. The first kappa shape index (κ1) is 11.8. The first-order chi connectivity index (χ1) is 8.24. The molecule has 0 bridgehead atoms. The molecule has 1 aliphatic heterocycles. The van der Waals surface area contributed by atoms with Gasteiger partial charge in [-0.25, -0.2) is 9.67 Å². The van der Waals surface area contributed by atoms with Crippen molar-refractivity contribution >= 4 is 11.9 Å². The maximum Gasteiger partial charge on any atom is 0.241 e. The number of amides is 1. The number of nitrogens with one attached hydrogen (secondary N) is 1. The summed E-state index contributed by atoms with van der Waals surface area (Å²) >= 11 is 0. The molecule has 0 aromatic carbocycles. The van der Waals surface area contributed by atoms with Crippen LogP contribution in [0.25, 0.3) is 0 Å². The van der Waals surface area contributed by atoms with Crippen molar-refractivity contribution in [2.24, 2.45) is 0 Å². The van der Waals surface area contributed by atoms with Crippen LogP contribution in [-0.4, -0.2) is 39.9 Å². The third kappa shape index (κ3) is 3.70. The summed E-state index contributed by atoms with van der Waals surface area (Å²) in [6.07, 6.45) is 4.87. The highest BCUT2D eigenvalue weighted by Crippen LogP contribution is 2.11. The van der Waals surface area contributed by atoms with E-state index in [-0.39, 0.29) is 24.5 Å². The summed E-state index contributed by atoms with van der Waals surface area (Å²) in [7, 11) is 0. The minimum absolute atomic E-state index is 0.107. The molecule has 0 saturated carbocycles. The van der Waals surface area contributed by atoms with E-state index in [1.165, 1.54) is 17.4 Å². The number of hydrogen-bond donors (Lipinski definition) is 2. The van der Waals surface area contributed by atoms with Crippen molar-refractivity contribution in [3.8, 4) is 0 Å². The van der Waals surface area contributed by atoms with Crippen molar-refractivity contribution in [3.63, 3.8) is 0 Å². The predicted octanol–water partition coefficient (Wildman–Crippen LogP) is -0.454. The topological polar surface area (TPSA) is 95.1 Å². The maximum atomic E-state index is 11.6. The fraction of sp³-hybridized carbons (Fsp3) is 0.700. The Bertz CT molecular complexity index is 373. The van der Waals surface area contributed by atoms with Gasteiger partial charge in [-0.15, -0.1) is 5.10 Å². The van der Waals surface area contributed by atoms with Gasteiger partial charge in [-0.1, -0.05) is 0 Å². The van der Waals surface area contributed by atoms with Gasteiger partial charge in [0.2, 0.25) is 11.9 Å². The number of hydrogen-bond acceptors (Lipinski definition) is 5. The lowest BCUT2D eigenvalue weighted by molar-refractivity contribution is -0.122. The Morgan fingerprint density at radius 2 is 2.53 bits per heavy atom. The Hall–Kier alpha value is -1.63. The van der Waals surface area contributed by atoms with E-state index >= 15 is 0 Å².